The van der Waals surface area contributed by atoms with E-state index in [9.17, 15) is 9.59 Å². The van der Waals surface area contributed by atoms with Crippen LogP contribution in [0.3, 0.4) is 0 Å². The standard InChI is InChI=1S/C12H14BrNO4/c1-7(2)18-10-4-8(3-9(13)5-10)12(17)14-6-11(15)16/h3-5,7H,6H2,1-2H3,(H,14,17)(H,15,16). The average Bonchev–Trinajstić information content (AvgIpc) is 2.23. The zero-order valence-electron chi connectivity index (χ0n) is 10.1. The lowest BCUT2D eigenvalue weighted by Crippen LogP contribution is -2.29. The minimum Gasteiger partial charge on any atom is -0.491 e. The molecule has 0 atom stereocenters. The zero-order valence-corrected chi connectivity index (χ0v) is 11.7. The number of carboxylic acid groups (broad SMARTS) is 1. The largest absolute Gasteiger partial charge is 0.491 e. The summed E-state index contributed by atoms with van der Waals surface area (Å²) in [6.07, 6.45) is -0.00534. The van der Waals surface area contributed by atoms with Gasteiger partial charge < -0.3 is 15.2 Å². The lowest BCUT2D eigenvalue weighted by molar-refractivity contribution is -0.135. The predicted octanol–water partition coefficient (Wildman–Crippen LogP) is 2.05. The normalized spacial score (nSPS) is 10.2. The highest BCUT2D eigenvalue weighted by Crippen LogP contribution is 2.22. The Hall–Kier alpha value is -1.56. The Balaban J connectivity index is 2.84. The lowest BCUT2D eigenvalue weighted by Gasteiger charge is -2.11. The molecule has 0 aliphatic rings. The van der Waals surface area contributed by atoms with Crippen molar-refractivity contribution in [3.05, 3.63) is 28.2 Å². The van der Waals surface area contributed by atoms with Crippen molar-refractivity contribution >= 4 is 27.8 Å². The van der Waals surface area contributed by atoms with Crippen molar-refractivity contribution in [2.75, 3.05) is 6.54 Å². The van der Waals surface area contributed by atoms with Gasteiger partial charge in [-0.1, -0.05) is 15.9 Å². The molecule has 0 heterocycles. The Morgan fingerprint density at radius 2 is 2.06 bits per heavy atom. The van der Waals surface area contributed by atoms with E-state index in [2.05, 4.69) is 21.2 Å². The summed E-state index contributed by atoms with van der Waals surface area (Å²) in [6.45, 7) is 3.35. The molecular weight excluding hydrogens is 302 g/mol. The molecule has 6 heteroatoms. The molecule has 0 aliphatic carbocycles. The van der Waals surface area contributed by atoms with Crippen LogP contribution in [0.5, 0.6) is 5.75 Å². The molecule has 0 radical (unpaired) electrons. The molecule has 0 bridgehead atoms. The number of amides is 1. The van der Waals surface area contributed by atoms with Crippen molar-refractivity contribution in [1.29, 1.82) is 0 Å². The van der Waals surface area contributed by atoms with Gasteiger partial charge in [-0.15, -0.1) is 0 Å². The summed E-state index contributed by atoms with van der Waals surface area (Å²) in [4.78, 5) is 22.1. The summed E-state index contributed by atoms with van der Waals surface area (Å²) in [7, 11) is 0. The molecule has 2 N–H and O–H groups in total. The fourth-order valence-electron chi connectivity index (χ4n) is 1.29. The first-order valence-electron chi connectivity index (χ1n) is 5.35. The van der Waals surface area contributed by atoms with Gasteiger partial charge in [0.25, 0.3) is 5.91 Å². The van der Waals surface area contributed by atoms with Gasteiger partial charge in [0.2, 0.25) is 0 Å². The van der Waals surface area contributed by atoms with Gasteiger partial charge in [-0.05, 0) is 32.0 Å². The average molecular weight is 316 g/mol. The van der Waals surface area contributed by atoms with Crippen LogP contribution >= 0.6 is 15.9 Å². The van der Waals surface area contributed by atoms with Crippen LogP contribution in [-0.4, -0.2) is 29.6 Å². The Bertz CT molecular complexity index is 459. The molecule has 18 heavy (non-hydrogen) atoms. The fraction of sp³-hybridized carbons (Fsp3) is 0.333. The van der Waals surface area contributed by atoms with Crippen LogP contribution in [-0.2, 0) is 4.79 Å². The second-order valence-electron chi connectivity index (χ2n) is 3.92. The van der Waals surface area contributed by atoms with Crippen LogP contribution < -0.4 is 10.1 Å². The van der Waals surface area contributed by atoms with Crippen molar-refractivity contribution < 1.29 is 19.4 Å². The van der Waals surface area contributed by atoms with E-state index in [1.807, 2.05) is 13.8 Å². The van der Waals surface area contributed by atoms with E-state index >= 15 is 0 Å². The molecule has 0 unspecified atom stereocenters. The van der Waals surface area contributed by atoms with E-state index in [-0.39, 0.29) is 6.10 Å². The van der Waals surface area contributed by atoms with Crippen molar-refractivity contribution in [3.63, 3.8) is 0 Å². The SMILES string of the molecule is CC(C)Oc1cc(Br)cc(C(=O)NCC(=O)O)c1. The van der Waals surface area contributed by atoms with Gasteiger partial charge in [0.05, 0.1) is 6.10 Å². The van der Waals surface area contributed by atoms with Crippen molar-refractivity contribution in [2.45, 2.75) is 20.0 Å². The highest BCUT2D eigenvalue weighted by Gasteiger charge is 2.10. The first-order chi connectivity index (χ1) is 8.38. The maximum absolute atomic E-state index is 11.7. The van der Waals surface area contributed by atoms with Crippen molar-refractivity contribution in [1.82, 2.24) is 5.32 Å². The smallest absolute Gasteiger partial charge is 0.322 e. The number of hydrogen-bond donors (Lipinski definition) is 2. The van der Waals surface area contributed by atoms with Gasteiger partial charge in [-0.3, -0.25) is 9.59 Å². The van der Waals surface area contributed by atoms with Crippen molar-refractivity contribution in [3.8, 4) is 5.75 Å². The van der Waals surface area contributed by atoms with Gasteiger partial charge in [0.1, 0.15) is 12.3 Å². The third kappa shape index (κ3) is 4.75. The second kappa shape index (κ2) is 6.39. The number of ether oxygens (including phenoxy) is 1. The zero-order chi connectivity index (χ0) is 13.7. The highest BCUT2D eigenvalue weighted by molar-refractivity contribution is 9.10. The number of halogens is 1. The Kier molecular flexibility index (Phi) is 5.15. The van der Waals surface area contributed by atoms with Gasteiger partial charge in [-0.25, -0.2) is 0 Å². The summed E-state index contributed by atoms with van der Waals surface area (Å²) < 4.78 is 6.18. The predicted molar refractivity (Wildman–Crippen MR) is 69.9 cm³/mol. The van der Waals surface area contributed by atoms with Gasteiger partial charge in [0.15, 0.2) is 0 Å². The minimum atomic E-state index is -1.09. The van der Waals surface area contributed by atoms with Crippen molar-refractivity contribution in [2.24, 2.45) is 0 Å². The number of carbonyl (C=O) groups excluding carboxylic acids is 1. The maximum atomic E-state index is 11.7. The first-order valence-corrected chi connectivity index (χ1v) is 6.15. The Labute approximate surface area is 113 Å². The number of carbonyl (C=O) groups is 2. The molecule has 0 saturated heterocycles. The third-order valence-electron chi connectivity index (χ3n) is 1.91. The molecule has 0 aromatic heterocycles. The molecular formula is C12H14BrNO4. The Morgan fingerprint density at radius 3 is 2.61 bits per heavy atom. The number of carboxylic acids is 1. The van der Waals surface area contributed by atoms with Crippen LogP contribution in [0.4, 0.5) is 0 Å². The molecule has 0 aliphatic heterocycles. The van der Waals surface area contributed by atoms with E-state index in [4.69, 9.17) is 9.84 Å². The van der Waals surface area contributed by atoms with E-state index in [0.29, 0.717) is 15.8 Å². The molecule has 1 aromatic carbocycles. The quantitative estimate of drug-likeness (QED) is 0.872. The monoisotopic (exact) mass is 315 g/mol. The van der Waals surface area contributed by atoms with Crippen LogP contribution in [0.1, 0.15) is 24.2 Å². The minimum absolute atomic E-state index is 0.00534. The van der Waals surface area contributed by atoms with E-state index in [1.165, 1.54) is 0 Å². The first kappa shape index (κ1) is 14.5. The second-order valence-corrected chi connectivity index (χ2v) is 4.83. The Morgan fingerprint density at radius 1 is 1.39 bits per heavy atom. The number of hydrogen-bond acceptors (Lipinski definition) is 3. The number of nitrogens with one attached hydrogen (secondary N) is 1. The summed E-state index contributed by atoms with van der Waals surface area (Å²) in [5.74, 6) is -0.982. The number of benzene rings is 1. The molecule has 5 nitrogen and oxygen atoms in total. The molecule has 98 valence electrons. The maximum Gasteiger partial charge on any atom is 0.322 e. The van der Waals surface area contributed by atoms with E-state index in [0.717, 1.165) is 0 Å². The van der Waals surface area contributed by atoms with E-state index < -0.39 is 18.4 Å². The molecule has 0 saturated carbocycles. The topological polar surface area (TPSA) is 75.6 Å². The highest BCUT2D eigenvalue weighted by atomic mass is 79.9. The molecule has 0 fully saturated rings. The number of aliphatic carboxylic acids is 1. The summed E-state index contributed by atoms with van der Waals surface area (Å²) in [6, 6.07) is 4.92. The fourth-order valence-corrected chi connectivity index (χ4v) is 1.76. The molecule has 1 rings (SSSR count). The van der Waals surface area contributed by atoms with E-state index in [1.54, 1.807) is 18.2 Å². The molecule has 1 amide bonds. The number of rotatable bonds is 5. The van der Waals surface area contributed by atoms with Crippen LogP contribution in [0.2, 0.25) is 0 Å². The summed E-state index contributed by atoms with van der Waals surface area (Å²) in [5, 5.41) is 10.8. The molecule has 1 aromatic rings. The molecule has 0 spiro atoms. The van der Waals surface area contributed by atoms with Gasteiger partial charge in [-0.2, -0.15) is 0 Å². The van der Waals surface area contributed by atoms with Crippen LogP contribution in [0, 0.1) is 0 Å². The van der Waals surface area contributed by atoms with Crippen LogP contribution in [0.25, 0.3) is 0 Å². The summed E-state index contributed by atoms with van der Waals surface area (Å²) >= 11 is 3.27. The third-order valence-corrected chi connectivity index (χ3v) is 2.36. The summed E-state index contributed by atoms with van der Waals surface area (Å²) in [5.41, 5.74) is 0.348. The van der Waals surface area contributed by atoms with Crippen LogP contribution in [0.15, 0.2) is 22.7 Å². The lowest BCUT2D eigenvalue weighted by atomic mass is 10.2. The van der Waals surface area contributed by atoms with Gasteiger partial charge >= 0.3 is 5.97 Å². The van der Waals surface area contributed by atoms with Gasteiger partial charge in [0, 0.05) is 10.0 Å².